The van der Waals surface area contributed by atoms with Crippen molar-refractivity contribution in [2.45, 2.75) is 51.0 Å². The number of halogens is 1. The van der Waals surface area contributed by atoms with Crippen LogP contribution < -0.4 is 16.8 Å². The summed E-state index contributed by atoms with van der Waals surface area (Å²) >= 11 is 0. The third-order valence-corrected chi connectivity index (χ3v) is 7.62. The van der Waals surface area contributed by atoms with E-state index in [2.05, 4.69) is 0 Å². The number of carbonyl (C=O) groups excluding carboxylic acids is 1. The normalized spacial score (nSPS) is 22.5. The first-order valence-corrected chi connectivity index (χ1v) is 11.4. The Labute approximate surface area is 190 Å². The van der Waals surface area contributed by atoms with Gasteiger partial charge < -0.3 is 20.1 Å². The molecule has 7 nitrogen and oxygen atoms in total. The molecule has 3 N–H and O–H groups in total. The van der Waals surface area contributed by atoms with Crippen LogP contribution in [-0.4, -0.2) is 35.5 Å². The molecule has 0 bridgehead atoms. The minimum Gasteiger partial charge on any atom is -0.458 e. The van der Waals surface area contributed by atoms with Gasteiger partial charge in [0.25, 0.3) is 5.56 Å². The van der Waals surface area contributed by atoms with Crippen LogP contribution in [0.4, 0.5) is 4.39 Å². The highest BCUT2D eigenvalue weighted by Crippen LogP contribution is 2.44. The van der Waals surface area contributed by atoms with Gasteiger partial charge in [-0.05, 0) is 42.5 Å². The molecule has 0 radical (unpaired) electrons. The summed E-state index contributed by atoms with van der Waals surface area (Å²) in [5.41, 5.74) is 9.93. The summed E-state index contributed by atoms with van der Waals surface area (Å²) in [7, 11) is 2.52. The monoisotopic (exact) mass is 445 g/mol. The van der Waals surface area contributed by atoms with Crippen molar-refractivity contribution in [1.82, 2.24) is 9.55 Å². The van der Waals surface area contributed by atoms with Crippen LogP contribution in [0.1, 0.15) is 53.6 Å². The number of esters is 1. The Hall–Kier alpha value is -2.97. The van der Waals surface area contributed by atoms with Crippen molar-refractivity contribution < 1.29 is 19.0 Å². The van der Waals surface area contributed by atoms with Gasteiger partial charge in [-0.3, -0.25) is 4.79 Å². The Kier molecular flexibility index (Phi) is 4.23. The summed E-state index contributed by atoms with van der Waals surface area (Å²) in [6.07, 6.45) is 1.45. The molecule has 0 spiro atoms. The Bertz CT molecular complexity index is 1470. The van der Waals surface area contributed by atoms with E-state index in [9.17, 15) is 19.1 Å². The van der Waals surface area contributed by atoms with Crippen LogP contribution in [0.25, 0.3) is 22.3 Å². The second-order valence-electron chi connectivity index (χ2n) is 9.16. The lowest BCUT2D eigenvalue weighted by molar-refractivity contribution is -0.172. The zero-order chi connectivity index (χ0) is 23.2. The van der Waals surface area contributed by atoms with Crippen LogP contribution in [-0.2, 0) is 34.7 Å². The molecule has 166 valence electrons. The van der Waals surface area contributed by atoms with E-state index in [0.29, 0.717) is 48.9 Å². The first kappa shape index (κ1) is 20.6. The van der Waals surface area contributed by atoms with E-state index in [-0.39, 0.29) is 41.6 Å². The molecule has 4 heterocycles. The van der Waals surface area contributed by atoms with Gasteiger partial charge in [0.15, 0.2) is 5.60 Å². The van der Waals surface area contributed by atoms with Crippen LogP contribution in [0.5, 0.6) is 0 Å². The molecule has 6 rings (SSSR count). The van der Waals surface area contributed by atoms with E-state index in [1.165, 1.54) is 6.07 Å². The number of aliphatic hydroxyl groups is 1. The molecule has 2 unspecified atom stereocenters. The summed E-state index contributed by atoms with van der Waals surface area (Å²) in [6, 6.07) is 2.88. The number of pyridine rings is 2. The molecule has 2 aliphatic heterocycles. The van der Waals surface area contributed by atoms with Crippen LogP contribution >= 0.6 is 0 Å². The quantitative estimate of drug-likeness (QED) is 0.327. The topological polar surface area (TPSA) is 107 Å². The molecule has 2 atom stereocenters. The van der Waals surface area contributed by atoms with Crippen molar-refractivity contribution in [3.63, 3.8) is 0 Å². The van der Waals surface area contributed by atoms with Gasteiger partial charge in [-0.25, -0.2) is 14.2 Å². The summed E-state index contributed by atoms with van der Waals surface area (Å²) in [6.45, 7) is 1.78. The maximum atomic E-state index is 14.9. The number of ether oxygens (including phenoxy) is 1. The summed E-state index contributed by atoms with van der Waals surface area (Å²) < 4.78 is 21.7. The van der Waals surface area contributed by atoms with Crippen molar-refractivity contribution in [3.05, 3.63) is 56.1 Å². The predicted octanol–water partition coefficient (Wildman–Crippen LogP) is -0.225. The number of benzene rings is 1. The smallest absolute Gasteiger partial charge is 0.343 e. The Balaban J connectivity index is 1.69. The van der Waals surface area contributed by atoms with E-state index in [1.54, 1.807) is 17.6 Å². The fourth-order valence-corrected chi connectivity index (χ4v) is 5.88. The standard InChI is InChI=1S/C23H22B2FN3O4/c1-2-23(32)12-5-16-20-10(7-29(16)21(30)11(12)8-33-22(23)31)17-14(27)4-3-9-18(17)15(28-20)6-13(26)19(9)25-24/h5-6,14,25,32H,2-4,7-8,24,27H2,1H3. The fraction of sp³-hybridized carbons (Fsp3) is 0.348. The summed E-state index contributed by atoms with van der Waals surface area (Å²) in [4.78, 5) is 30.6. The number of rotatable bonds is 2. The number of hydrogen-bond donors (Lipinski definition) is 2. The molecule has 3 aromatic rings. The molecule has 0 amide bonds. The van der Waals surface area contributed by atoms with Gasteiger partial charge in [0.1, 0.15) is 19.6 Å². The highest BCUT2D eigenvalue weighted by Gasteiger charge is 2.45. The van der Waals surface area contributed by atoms with Crippen LogP contribution in [0, 0.1) is 5.82 Å². The summed E-state index contributed by atoms with van der Waals surface area (Å²) in [5, 5.41) is 11.9. The molecule has 10 heteroatoms. The maximum Gasteiger partial charge on any atom is 0.343 e. The molecular weight excluding hydrogens is 423 g/mol. The van der Waals surface area contributed by atoms with Crippen molar-refractivity contribution >= 4 is 37.2 Å². The number of nitrogens with zero attached hydrogens (tertiary/aromatic N) is 2. The van der Waals surface area contributed by atoms with Gasteiger partial charge >= 0.3 is 5.97 Å². The minimum absolute atomic E-state index is 0.0736. The van der Waals surface area contributed by atoms with Gasteiger partial charge in [-0.15, -0.1) is 0 Å². The predicted molar refractivity (Wildman–Crippen MR) is 125 cm³/mol. The molecule has 33 heavy (non-hydrogen) atoms. The SMILES string of the molecule is BBc1c(F)cc2nc3c(c4c2c1CCC4N)Cn1c-3cc2c(c1=O)COC(=O)C2(O)CC. The van der Waals surface area contributed by atoms with E-state index < -0.39 is 11.6 Å². The van der Waals surface area contributed by atoms with Gasteiger partial charge in [-0.2, -0.15) is 0 Å². The fourth-order valence-electron chi connectivity index (χ4n) is 5.88. The first-order valence-electron chi connectivity index (χ1n) is 11.4. The molecular formula is C23H22B2FN3O4. The third kappa shape index (κ3) is 2.50. The van der Waals surface area contributed by atoms with E-state index in [0.717, 1.165) is 22.1 Å². The number of nitrogens with two attached hydrogens (primary N) is 1. The second-order valence-corrected chi connectivity index (χ2v) is 9.16. The maximum absolute atomic E-state index is 14.9. The van der Waals surface area contributed by atoms with Gasteiger partial charge in [0, 0.05) is 22.6 Å². The molecule has 3 aliphatic rings. The lowest BCUT2D eigenvalue weighted by Gasteiger charge is -2.31. The van der Waals surface area contributed by atoms with Crippen LogP contribution in [0.2, 0.25) is 0 Å². The number of aromatic nitrogens is 2. The van der Waals surface area contributed by atoms with Gasteiger partial charge in [-0.1, -0.05) is 12.4 Å². The molecule has 1 aromatic carbocycles. The van der Waals surface area contributed by atoms with Crippen LogP contribution in [0.3, 0.4) is 0 Å². The van der Waals surface area contributed by atoms with Gasteiger partial charge in [0.05, 0.1) is 36.7 Å². The van der Waals surface area contributed by atoms with E-state index in [4.69, 9.17) is 15.5 Å². The largest absolute Gasteiger partial charge is 0.458 e. The van der Waals surface area contributed by atoms with Crippen molar-refractivity contribution in [3.8, 4) is 11.4 Å². The molecule has 0 saturated heterocycles. The Morgan fingerprint density at radius 1 is 1.36 bits per heavy atom. The first-order chi connectivity index (χ1) is 15.8. The number of aryl methyl sites for hydroxylation is 1. The van der Waals surface area contributed by atoms with E-state index >= 15 is 0 Å². The third-order valence-electron chi connectivity index (χ3n) is 7.62. The average Bonchev–Trinajstić information content (AvgIpc) is 3.17. The van der Waals surface area contributed by atoms with Gasteiger partial charge in [0.2, 0.25) is 0 Å². The minimum atomic E-state index is -1.89. The Morgan fingerprint density at radius 2 is 2.15 bits per heavy atom. The van der Waals surface area contributed by atoms with Crippen LogP contribution in [0.15, 0.2) is 16.9 Å². The lowest BCUT2D eigenvalue weighted by atomic mass is 9.49. The lowest BCUT2D eigenvalue weighted by Crippen LogP contribution is -2.44. The number of cyclic esters (lactones) is 1. The van der Waals surface area contributed by atoms with E-state index in [1.807, 2.05) is 7.74 Å². The molecule has 0 saturated carbocycles. The van der Waals surface area contributed by atoms with Crippen molar-refractivity contribution in [2.24, 2.45) is 5.73 Å². The average molecular weight is 445 g/mol. The summed E-state index contributed by atoms with van der Waals surface area (Å²) in [5.74, 6) is -1.04. The molecule has 2 aromatic heterocycles. The number of carbonyl (C=O) groups is 1. The van der Waals surface area contributed by atoms with Crippen molar-refractivity contribution in [2.75, 3.05) is 0 Å². The second kappa shape index (κ2) is 6.77. The highest BCUT2D eigenvalue weighted by molar-refractivity contribution is 6.98. The molecule has 0 fully saturated rings. The zero-order valence-electron chi connectivity index (χ0n) is 18.5. The van der Waals surface area contributed by atoms with Crippen molar-refractivity contribution in [1.29, 1.82) is 0 Å². The highest BCUT2D eigenvalue weighted by atomic mass is 19.1. The zero-order valence-corrected chi connectivity index (χ0v) is 18.5. The molecule has 1 aliphatic carbocycles. The Morgan fingerprint density at radius 3 is 2.88 bits per heavy atom. The number of hydrogen-bond acceptors (Lipinski definition) is 6. The number of fused-ring (bicyclic) bond motifs is 5.